The Bertz CT molecular complexity index is 631. The van der Waals surface area contributed by atoms with Crippen molar-refractivity contribution >= 4 is 0 Å². The van der Waals surface area contributed by atoms with Gasteiger partial charge in [0.2, 0.25) is 0 Å². The molecular formula is C19H22O2. The Morgan fingerprint density at radius 1 is 1.19 bits per heavy atom. The molecule has 1 unspecified atom stereocenters. The molecule has 0 saturated heterocycles. The quantitative estimate of drug-likeness (QED) is 0.822. The summed E-state index contributed by atoms with van der Waals surface area (Å²) in [6, 6.07) is 14.6. The summed E-state index contributed by atoms with van der Waals surface area (Å²) in [7, 11) is 0. The fourth-order valence-electron chi connectivity index (χ4n) is 2.81. The van der Waals surface area contributed by atoms with Crippen LogP contribution in [0.2, 0.25) is 0 Å². The SMILES string of the molecule is Cc1ccc2c(c1)CC(COc1ccccc1C(C)C)O2. The van der Waals surface area contributed by atoms with Gasteiger partial charge in [0.1, 0.15) is 24.2 Å². The molecule has 1 aliphatic heterocycles. The van der Waals surface area contributed by atoms with Crippen LogP contribution in [-0.4, -0.2) is 12.7 Å². The topological polar surface area (TPSA) is 18.5 Å². The first-order valence-electron chi connectivity index (χ1n) is 7.61. The van der Waals surface area contributed by atoms with Crippen LogP contribution in [0, 0.1) is 6.92 Å². The molecule has 1 atom stereocenters. The number of ether oxygens (including phenoxy) is 2. The molecule has 21 heavy (non-hydrogen) atoms. The predicted molar refractivity (Wildman–Crippen MR) is 85.3 cm³/mol. The molecule has 0 radical (unpaired) electrons. The van der Waals surface area contributed by atoms with Crippen LogP contribution >= 0.6 is 0 Å². The Labute approximate surface area is 126 Å². The molecule has 0 saturated carbocycles. The summed E-state index contributed by atoms with van der Waals surface area (Å²) >= 11 is 0. The monoisotopic (exact) mass is 282 g/mol. The molecule has 0 amide bonds. The molecule has 1 heterocycles. The van der Waals surface area contributed by atoms with Crippen LogP contribution in [0.4, 0.5) is 0 Å². The summed E-state index contributed by atoms with van der Waals surface area (Å²) in [6.45, 7) is 7.08. The van der Waals surface area contributed by atoms with E-state index in [0.717, 1.165) is 17.9 Å². The minimum Gasteiger partial charge on any atom is -0.489 e. The Hall–Kier alpha value is -1.96. The highest BCUT2D eigenvalue weighted by Crippen LogP contribution is 2.31. The van der Waals surface area contributed by atoms with E-state index in [-0.39, 0.29) is 6.10 Å². The van der Waals surface area contributed by atoms with E-state index in [1.165, 1.54) is 16.7 Å². The molecule has 0 bridgehead atoms. The van der Waals surface area contributed by atoms with Crippen molar-refractivity contribution in [3.63, 3.8) is 0 Å². The molecule has 0 fully saturated rings. The van der Waals surface area contributed by atoms with Crippen LogP contribution in [0.5, 0.6) is 11.5 Å². The third-order valence-electron chi connectivity index (χ3n) is 3.92. The molecular weight excluding hydrogens is 260 g/mol. The number of hydrogen-bond donors (Lipinski definition) is 0. The normalized spacial score (nSPS) is 16.7. The molecule has 1 aliphatic rings. The first-order chi connectivity index (χ1) is 10.1. The van der Waals surface area contributed by atoms with Crippen molar-refractivity contribution in [2.24, 2.45) is 0 Å². The molecule has 0 aromatic heterocycles. The third-order valence-corrected chi connectivity index (χ3v) is 3.92. The smallest absolute Gasteiger partial charge is 0.137 e. The summed E-state index contributed by atoms with van der Waals surface area (Å²) in [5.41, 5.74) is 3.83. The number of hydrogen-bond acceptors (Lipinski definition) is 2. The van der Waals surface area contributed by atoms with Gasteiger partial charge in [-0.1, -0.05) is 49.7 Å². The van der Waals surface area contributed by atoms with Gasteiger partial charge in [0.15, 0.2) is 0 Å². The van der Waals surface area contributed by atoms with Crippen molar-refractivity contribution in [2.75, 3.05) is 6.61 Å². The van der Waals surface area contributed by atoms with Crippen molar-refractivity contribution in [3.05, 3.63) is 59.2 Å². The highest BCUT2D eigenvalue weighted by molar-refractivity contribution is 5.40. The van der Waals surface area contributed by atoms with Gasteiger partial charge in [0, 0.05) is 6.42 Å². The second-order valence-electron chi connectivity index (χ2n) is 6.06. The lowest BCUT2D eigenvalue weighted by Crippen LogP contribution is -2.22. The van der Waals surface area contributed by atoms with Crippen molar-refractivity contribution in [3.8, 4) is 11.5 Å². The summed E-state index contributed by atoms with van der Waals surface area (Å²) in [5.74, 6) is 2.44. The minimum absolute atomic E-state index is 0.113. The Kier molecular flexibility index (Phi) is 3.87. The zero-order valence-corrected chi connectivity index (χ0v) is 12.9. The number of aryl methyl sites for hydroxylation is 1. The number of para-hydroxylation sites is 1. The number of rotatable bonds is 4. The van der Waals surface area contributed by atoms with E-state index in [0.29, 0.717) is 12.5 Å². The van der Waals surface area contributed by atoms with E-state index in [1.54, 1.807) is 0 Å². The van der Waals surface area contributed by atoms with E-state index < -0.39 is 0 Å². The van der Waals surface area contributed by atoms with Crippen LogP contribution in [0.3, 0.4) is 0 Å². The summed E-state index contributed by atoms with van der Waals surface area (Å²) < 4.78 is 12.0. The maximum Gasteiger partial charge on any atom is 0.137 e. The standard InChI is InChI=1S/C19H22O2/c1-13(2)17-6-4-5-7-19(17)20-12-16-11-15-10-14(3)8-9-18(15)21-16/h4-10,13,16H,11-12H2,1-3H3. The summed E-state index contributed by atoms with van der Waals surface area (Å²) in [6.07, 6.45) is 1.04. The van der Waals surface area contributed by atoms with Gasteiger partial charge < -0.3 is 9.47 Å². The van der Waals surface area contributed by atoms with Gasteiger partial charge >= 0.3 is 0 Å². The Morgan fingerprint density at radius 3 is 2.81 bits per heavy atom. The van der Waals surface area contributed by atoms with Gasteiger partial charge in [0.25, 0.3) is 0 Å². The molecule has 110 valence electrons. The Morgan fingerprint density at radius 2 is 2.00 bits per heavy atom. The largest absolute Gasteiger partial charge is 0.489 e. The van der Waals surface area contributed by atoms with Crippen LogP contribution in [-0.2, 0) is 6.42 Å². The molecule has 0 aliphatic carbocycles. The first-order valence-corrected chi connectivity index (χ1v) is 7.61. The lowest BCUT2D eigenvalue weighted by molar-refractivity contribution is 0.147. The molecule has 2 nitrogen and oxygen atoms in total. The minimum atomic E-state index is 0.113. The third kappa shape index (κ3) is 3.05. The lowest BCUT2D eigenvalue weighted by atomic mass is 10.0. The van der Waals surface area contributed by atoms with E-state index >= 15 is 0 Å². The van der Waals surface area contributed by atoms with Crippen molar-refractivity contribution in [1.29, 1.82) is 0 Å². The van der Waals surface area contributed by atoms with Crippen molar-refractivity contribution in [1.82, 2.24) is 0 Å². The molecule has 0 N–H and O–H groups in total. The maximum atomic E-state index is 6.02. The van der Waals surface area contributed by atoms with Crippen molar-refractivity contribution < 1.29 is 9.47 Å². The second kappa shape index (κ2) is 5.80. The van der Waals surface area contributed by atoms with E-state index in [1.807, 2.05) is 12.1 Å². The van der Waals surface area contributed by atoms with Gasteiger partial charge in [-0.3, -0.25) is 0 Å². The number of benzene rings is 2. The fourth-order valence-corrected chi connectivity index (χ4v) is 2.81. The van der Waals surface area contributed by atoms with Crippen LogP contribution in [0.15, 0.2) is 42.5 Å². The molecule has 2 heteroatoms. The van der Waals surface area contributed by atoms with Crippen LogP contribution in [0.25, 0.3) is 0 Å². The van der Waals surface area contributed by atoms with Gasteiger partial charge in [-0.2, -0.15) is 0 Å². The van der Waals surface area contributed by atoms with E-state index in [9.17, 15) is 0 Å². The van der Waals surface area contributed by atoms with Crippen LogP contribution in [0.1, 0.15) is 36.5 Å². The van der Waals surface area contributed by atoms with Crippen LogP contribution < -0.4 is 9.47 Å². The molecule has 2 aromatic rings. The zero-order chi connectivity index (χ0) is 14.8. The molecule has 2 aromatic carbocycles. The van der Waals surface area contributed by atoms with Gasteiger partial charge in [-0.15, -0.1) is 0 Å². The van der Waals surface area contributed by atoms with Crippen molar-refractivity contribution in [2.45, 2.75) is 39.2 Å². The maximum absolute atomic E-state index is 6.02. The summed E-state index contributed by atoms with van der Waals surface area (Å²) in [4.78, 5) is 0. The van der Waals surface area contributed by atoms with Gasteiger partial charge in [0.05, 0.1) is 0 Å². The highest BCUT2D eigenvalue weighted by Gasteiger charge is 2.23. The second-order valence-corrected chi connectivity index (χ2v) is 6.06. The van der Waals surface area contributed by atoms with Gasteiger partial charge in [-0.05, 0) is 36.1 Å². The Balaban J connectivity index is 1.65. The predicted octanol–water partition coefficient (Wildman–Crippen LogP) is 4.50. The highest BCUT2D eigenvalue weighted by atomic mass is 16.5. The summed E-state index contributed by atoms with van der Waals surface area (Å²) in [5, 5.41) is 0. The average molecular weight is 282 g/mol. The van der Waals surface area contributed by atoms with Gasteiger partial charge in [-0.25, -0.2) is 0 Å². The van der Waals surface area contributed by atoms with E-state index in [2.05, 4.69) is 51.1 Å². The lowest BCUT2D eigenvalue weighted by Gasteiger charge is -2.16. The molecule has 0 spiro atoms. The van der Waals surface area contributed by atoms with E-state index in [4.69, 9.17) is 9.47 Å². The average Bonchev–Trinajstić information content (AvgIpc) is 2.87. The molecule has 3 rings (SSSR count). The fraction of sp³-hybridized carbons (Fsp3) is 0.368. The number of fused-ring (bicyclic) bond motifs is 1. The first kappa shape index (κ1) is 14.0. The zero-order valence-electron chi connectivity index (χ0n) is 12.9.